The maximum atomic E-state index is 12.6. The molecule has 2 aromatic rings. The number of nitrogens with two attached hydrogens (primary N) is 1. The van der Waals surface area contributed by atoms with Crippen molar-refractivity contribution in [3.63, 3.8) is 0 Å². The predicted octanol–water partition coefficient (Wildman–Crippen LogP) is 2.68. The molecule has 0 spiro atoms. The highest BCUT2D eigenvalue weighted by atomic mass is 16.1. The van der Waals surface area contributed by atoms with Crippen molar-refractivity contribution in [3.05, 3.63) is 65.2 Å². The highest BCUT2D eigenvalue weighted by Crippen LogP contribution is 2.38. The maximum absolute atomic E-state index is 12.6. The Morgan fingerprint density at radius 2 is 1.62 bits per heavy atom. The Morgan fingerprint density at radius 1 is 1.00 bits per heavy atom. The van der Waals surface area contributed by atoms with Gasteiger partial charge in [0.15, 0.2) is 5.78 Å². The zero-order valence-electron chi connectivity index (χ0n) is 15.4. The molecule has 26 heavy (non-hydrogen) atoms. The SMILES string of the molecule is CN1CCN(c2ccc(C(=O)Cc3ccc([C@H]4C[C@@H]4N)cc3)cc2)CC1. The van der Waals surface area contributed by atoms with Crippen molar-refractivity contribution in [2.45, 2.75) is 24.8 Å². The Kier molecular flexibility index (Phi) is 4.79. The highest BCUT2D eigenvalue weighted by Gasteiger charge is 2.34. The number of carbonyl (C=O) groups excluding carboxylic acids is 1. The molecule has 2 N–H and O–H groups in total. The molecule has 1 saturated heterocycles. The average Bonchev–Trinajstić information content (AvgIpc) is 3.40. The number of likely N-dealkylation sites (N-methyl/N-ethyl adjacent to an activating group) is 1. The molecule has 0 aromatic heterocycles. The molecule has 0 unspecified atom stereocenters. The van der Waals surface area contributed by atoms with Gasteiger partial charge in [0.05, 0.1) is 0 Å². The minimum absolute atomic E-state index is 0.172. The Bertz CT molecular complexity index is 761. The van der Waals surface area contributed by atoms with Crippen LogP contribution in [0.1, 0.15) is 33.8 Å². The lowest BCUT2D eigenvalue weighted by molar-refractivity contribution is 0.0993. The first-order valence-corrected chi connectivity index (χ1v) is 9.51. The van der Waals surface area contributed by atoms with Gasteiger partial charge in [-0.1, -0.05) is 24.3 Å². The summed E-state index contributed by atoms with van der Waals surface area (Å²) in [5.41, 5.74) is 10.3. The van der Waals surface area contributed by atoms with Gasteiger partial charge in [-0.25, -0.2) is 0 Å². The number of Topliss-reactive ketones (excluding diaryl/α,β-unsaturated/α-hetero) is 1. The maximum Gasteiger partial charge on any atom is 0.167 e. The topological polar surface area (TPSA) is 49.6 Å². The number of hydrogen-bond acceptors (Lipinski definition) is 4. The minimum atomic E-state index is 0.172. The summed E-state index contributed by atoms with van der Waals surface area (Å²) in [4.78, 5) is 17.3. The Morgan fingerprint density at radius 3 is 2.19 bits per heavy atom. The van der Waals surface area contributed by atoms with Crippen molar-refractivity contribution >= 4 is 11.5 Å². The molecule has 136 valence electrons. The fourth-order valence-corrected chi connectivity index (χ4v) is 3.69. The molecule has 4 heteroatoms. The van der Waals surface area contributed by atoms with Crippen molar-refractivity contribution in [1.82, 2.24) is 4.90 Å². The van der Waals surface area contributed by atoms with Crippen LogP contribution in [0.15, 0.2) is 48.5 Å². The van der Waals surface area contributed by atoms with E-state index >= 15 is 0 Å². The van der Waals surface area contributed by atoms with Crippen molar-refractivity contribution in [2.75, 3.05) is 38.1 Å². The van der Waals surface area contributed by atoms with Crippen molar-refractivity contribution < 1.29 is 4.79 Å². The van der Waals surface area contributed by atoms with E-state index in [1.807, 2.05) is 12.1 Å². The van der Waals surface area contributed by atoms with Gasteiger partial charge < -0.3 is 15.5 Å². The van der Waals surface area contributed by atoms with Crippen LogP contribution < -0.4 is 10.6 Å². The standard InChI is InChI=1S/C22H27N3O/c1-24-10-12-25(13-11-24)19-8-6-18(7-9-19)22(26)14-16-2-4-17(5-3-16)20-15-21(20)23/h2-9,20-21H,10-15,23H2,1H3/t20-,21+/m1/s1. The van der Waals surface area contributed by atoms with E-state index in [-0.39, 0.29) is 5.78 Å². The van der Waals surface area contributed by atoms with E-state index in [1.165, 1.54) is 11.3 Å². The zero-order valence-corrected chi connectivity index (χ0v) is 15.4. The monoisotopic (exact) mass is 349 g/mol. The summed E-state index contributed by atoms with van der Waals surface area (Å²) < 4.78 is 0. The normalized spacial score (nSPS) is 23.1. The van der Waals surface area contributed by atoms with Gasteiger partial charge in [0, 0.05) is 55.8 Å². The number of rotatable bonds is 5. The number of ketones is 1. The summed E-state index contributed by atoms with van der Waals surface area (Å²) in [6.45, 7) is 4.26. The molecule has 0 radical (unpaired) electrons. The second kappa shape index (κ2) is 7.22. The van der Waals surface area contributed by atoms with Gasteiger partial charge in [0.2, 0.25) is 0 Å². The molecule has 1 aliphatic heterocycles. The van der Waals surface area contributed by atoms with E-state index in [2.05, 4.69) is 53.2 Å². The summed E-state index contributed by atoms with van der Waals surface area (Å²) in [5, 5.41) is 0. The fraction of sp³-hybridized carbons (Fsp3) is 0.409. The Hall–Kier alpha value is -2.17. The second-order valence-corrected chi connectivity index (χ2v) is 7.68. The van der Waals surface area contributed by atoms with Crippen LogP contribution in [0.25, 0.3) is 0 Å². The molecular formula is C22H27N3O. The van der Waals surface area contributed by atoms with Crippen LogP contribution in [0.5, 0.6) is 0 Å². The molecule has 0 amide bonds. The van der Waals surface area contributed by atoms with Crippen molar-refractivity contribution in [1.29, 1.82) is 0 Å². The molecular weight excluding hydrogens is 322 g/mol. The first kappa shape index (κ1) is 17.3. The molecule has 0 bridgehead atoms. The molecule has 1 aliphatic carbocycles. The van der Waals surface area contributed by atoms with E-state index in [9.17, 15) is 4.79 Å². The molecule has 1 saturated carbocycles. The Balaban J connectivity index is 1.37. The van der Waals surface area contributed by atoms with Gasteiger partial charge in [0.25, 0.3) is 0 Å². The molecule has 4 nitrogen and oxygen atoms in total. The molecule has 2 aromatic carbocycles. The van der Waals surface area contributed by atoms with Gasteiger partial charge >= 0.3 is 0 Å². The van der Waals surface area contributed by atoms with E-state index in [0.29, 0.717) is 18.4 Å². The second-order valence-electron chi connectivity index (χ2n) is 7.68. The quantitative estimate of drug-likeness (QED) is 0.843. The highest BCUT2D eigenvalue weighted by molar-refractivity contribution is 5.97. The van der Waals surface area contributed by atoms with E-state index in [4.69, 9.17) is 5.73 Å². The minimum Gasteiger partial charge on any atom is -0.369 e. The number of nitrogens with zero attached hydrogens (tertiary/aromatic N) is 2. The first-order chi connectivity index (χ1) is 12.6. The van der Waals surface area contributed by atoms with Crippen LogP contribution in [-0.4, -0.2) is 50.0 Å². The van der Waals surface area contributed by atoms with Crippen LogP contribution in [0.4, 0.5) is 5.69 Å². The van der Waals surface area contributed by atoms with Gasteiger partial charge in [-0.05, 0) is 48.9 Å². The fourth-order valence-electron chi connectivity index (χ4n) is 3.69. The van der Waals surface area contributed by atoms with Gasteiger partial charge in [-0.15, -0.1) is 0 Å². The smallest absolute Gasteiger partial charge is 0.167 e. The summed E-state index contributed by atoms with van der Waals surface area (Å²) in [6.07, 6.45) is 1.53. The molecule has 2 atom stereocenters. The van der Waals surface area contributed by atoms with Crippen LogP contribution in [-0.2, 0) is 6.42 Å². The average molecular weight is 349 g/mol. The van der Waals surface area contributed by atoms with E-state index in [1.54, 1.807) is 0 Å². The lowest BCUT2D eigenvalue weighted by atomic mass is 10.0. The summed E-state index contributed by atoms with van der Waals surface area (Å²) in [5.74, 6) is 0.688. The molecule has 1 heterocycles. The van der Waals surface area contributed by atoms with Crippen molar-refractivity contribution in [2.24, 2.45) is 5.73 Å². The molecule has 2 fully saturated rings. The third kappa shape index (κ3) is 3.81. The van der Waals surface area contributed by atoms with E-state index in [0.717, 1.165) is 43.7 Å². The van der Waals surface area contributed by atoms with Gasteiger partial charge in [0.1, 0.15) is 0 Å². The van der Waals surface area contributed by atoms with Crippen LogP contribution in [0.2, 0.25) is 0 Å². The molecule has 4 rings (SSSR count). The van der Waals surface area contributed by atoms with Crippen LogP contribution in [0, 0.1) is 0 Å². The largest absolute Gasteiger partial charge is 0.369 e. The third-order valence-corrected chi connectivity index (χ3v) is 5.67. The van der Waals surface area contributed by atoms with Crippen molar-refractivity contribution in [3.8, 4) is 0 Å². The molecule has 2 aliphatic rings. The predicted molar refractivity (Wildman–Crippen MR) is 106 cm³/mol. The first-order valence-electron chi connectivity index (χ1n) is 9.51. The number of carbonyl (C=O) groups is 1. The zero-order chi connectivity index (χ0) is 18.1. The Labute approximate surface area is 155 Å². The number of hydrogen-bond donors (Lipinski definition) is 1. The van der Waals surface area contributed by atoms with Gasteiger partial charge in [-0.3, -0.25) is 4.79 Å². The number of benzene rings is 2. The van der Waals surface area contributed by atoms with Gasteiger partial charge in [-0.2, -0.15) is 0 Å². The summed E-state index contributed by atoms with van der Waals surface area (Å²) in [7, 11) is 2.16. The third-order valence-electron chi connectivity index (χ3n) is 5.67. The van der Waals surface area contributed by atoms with Crippen LogP contribution >= 0.6 is 0 Å². The summed E-state index contributed by atoms with van der Waals surface area (Å²) in [6, 6.07) is 16.8. The lowest BCUT2D eigenvalue weighted by Gasteiger charge is -2.34. The van der Waals surface area contributed by atoms with Crippen LogP contribution in [0.3, 0.4) is 0 Å². The lowest BCUT2D eigenvalue weighted by Crippen LogP contribution is -2.44. The summed E-state index contributed by atoms with van der Waals surface area (Å²) >= 11 is 0. The van der Waals surface area contributed by atoms with E-state index < -0.39 is 0 Å². The number of piperazine rings is 1. The number of anilines is 1.